The normalized spacial score (nSPS) is 10.4. The quantitative estimate of drug-likeness (QED) is 0.456. The summed E-state index contributed by atoms with van der Waals surface area (Å²) in [6.07, 6.45) is 0.770. The number of ketones is 1. The zero-order chi connectivity index (χ0) is 11.4. The van der Waals surface area contributed by atoms with Gasteiger partial charge in [0.25, 0.3) is 0 Å². The smallest absolute Gasteiger partial charge is 0.165 e. The first kappa shape index (κ1) is 12.9. The van der Waals surface area contributed by atoms with Gasteiger partial charge in [-0.15, -0.1) is 11.6 Å². The van der Waals surface area contributed by atoms with Gasteiger partial charge in [-0.1, -0.05) is 11.6 Å². The van der Waals surface area contributed by atoms with E-state index in [9.17, 15) is 9.18 Å². The lowest BCUT2D eigenvalue weighted by Crippen LogP contribution is -2.03. The third-order valence-electron chi connectivity index (χ3n) is 1.85. The molecule has 0 bridgehead atoms. The summed E-state index contributed by atoms with van der Waals surface area (Å²) < 4.78 is 13.8. The first-order chi connectivity index (χ1) is 7.06. The fourth-order valence-corrected chi connectivity index (χ4v) is 1.71. The molecule has 0 amide bonds. The maximum atomic E-state index is 13.4. The molecule has 0 spiro atoms. The van der Waals surface area contributed by atoms with Gasteiger partial charge in [0.1, 0.15) is 5.82 Å². The highest BCUT2D eigenvalue weighted by Gasteiger charge is 2.13. The Balaban J connectivity index is 2.94. The molecule has 1 aromatic carbocycles. The molecule has 0 aliphatic heterocycles. The Bertz CT molecular complexity index is 382. The zero-order valence-electron chi connectivity index (χ0n) is 7.70. The monoisotopic (exact) mass is 312 g/mol. The Kier molecular flexibility index (Phi) is 5.03. The van der Waals surface area contributed by atoms with Gasteiger partial charge in [0.05, 0.1) is 10.6 Å². The van der Waals surface area contributed by atoms with E-state index in [0.29, 0.717) is 21.8 Å². The molecule has 0 radical (unpaired) electrons. The molecule has 5 heteroatoms. The number of hydrogen-bond acceptors (Lipinski definition) is 1. The third-order valence-corrected chi connectivity index (χ3v) is 3.31. The number of benzene rings is 1. The second kappa shape index (κ2) is 5.83. The summed E-state index contributed by atoms with van der Waals surface area (Å²) in [5.74, 6) is -0.453. The lowest BCUT2D eigenvalue weighted by atomic mass is 10.1. The molecule has 0 fully saturated rings. The van der Waals surface area contributed by atoms with Gasteiger partial charge in [0.2, 0.25) is 0 Å². The topological polar surface area (TPSA) is 17.1 Å². The molecule has 0 aromatic heterocycles. The summed E-state index contributed by atoms with van der Waals surface area (Å²) in [6.45, 7) is 0. The van der Waals surface area contributed by atoms with Gasteiger partial charge < -0.3 is 0 Å². The summed E-state index contributed by atoms with van der Waals surface area (Å²) in [7, 11) is 0. The molecule has 1 rings (SSSR count). The van der Waals surface area contributed by atoms with Gasteiger partial charge in [-0.3, -0.25) is 4.79 Å². The van der Waals surface area contributed by atoms with Crippen molar-refractivity contribution >= 4 is 44.9 Å². The van der Waals surface area contributed by atoms with Crippen molar-refractivity contribution in [1.29, 1.82) is 0 Å². The Hall–Kier alpha value is -0.120. The van der Waals surface area contributed by atoms with Crippen molar-refractivity contribution in [2.24, 2.45) is 0 Å². The molecule has 1 nitrogen and oxygen atoms in total. The number of carbonyl (C=O) groups is 1. The van der Waals surface area contributed by atoms with E-state index in [2.05, 4.69) is 15.9 Å². The second-order valence-electron chi connectivity index (χ2n) is 2.96. The number of Topliss-reactive ketones (excluding diaryl/α,β-unsaturated/α-hetero) is 1. The number of carbonyl (C=O) groups excluding carboxylic acids is 1. The number of hydrogen-bond donors (Lipinski definition) is 0. The van der Waals surface area contributed by atoms with Crippen molar-refractivity contribution in [3.63, 3.8) is 0 Å². The molecule has 0 atom stereocenters. The lowest BCUT2D eigenvalue weighted by molar-refractivity contribution is 0.0978. The summed E-state index contributed by atoms with van der Waals surface area (Å²) in [5.41, 5.74) is 0.0216. The summed E-state index contributed by atoms with van der Waals surface area (Å²) in [5, 5.41) is 0.325. The predicted molar refractivity (Wildman–Crippen MR) is 63.4 cm³/mol. The molecular weight excluding hydrogens is 306 g/mol. The summed E-state index contributed by atoms with van der Waals surface area (Å²) in [6, 6.07) is 2.52. The highest BCUT2D eigenvalue weighted by atomic mass is 79.9. The first-order valence-corrected chi connectivity index (χ1v) is 6.00. The second-order valence-corrected chi connectivity index (χ2v) is 4.60. The van der Waals surface area contributed by atoms with Crippen LogP contribution < -0.4 is 0 Å². The number of halogens is 4. The first-order valence-electron chi connectivity index (χ1n) is 4.30. The van der Waals surface area contributed by atoms with Gasteiger partial charge in [-0.05, 0) is 34.5 Å². The fraction of sp³-hybridized carbons (Fsp3) is 0.300. The Morgan fingerprint density at radius 1 is 1.47 bits per heavy atom. The van der Waals surface area contributed by atoms with Crippen molar-refractivity contribution in [2.45, 2.75) is 12.8 Å². The molecule has 0 aliphatic rings. The van der Waals surface area contributed by atoms with E-state index in [1.807, 2.05) is 0 Å². The van der Waals surface area contributed by atoms with E-state index in [0.717, 1.165) is 0 Å². The highest BCUT2D eigenvalue weighted by molar-refractivity contribution is 9.10. The van der Waals surface area contributed by atoms with Crippen LogP contribution in [-0.4, -0.2) is 11.7 Å². The Morgan fingerprint density at radius 2 is 2.13 bits per heavy atom. The van der Waals surface area contributed by atoms with E-state index in [4.69, 9.17) is 23.2 Å². The molecule has 0 N–H and O–H groups in total. The minimum Gasteiger partial charge on any atom is -0.294 e. The van der Waals surface area contributed by atoms with Crippen LogP contribution in [0.2, 0.25) is 5.02 Å². The minimum absolute atomic E-state index is 0.0216. The van der Waals surface area contributed by atoms with Crippen LogP contribution in [0.3, 0.4) is 0 Å². The summed E-state index contributed by atoms with van der Waals surface area (Å²) >= 11 is 14.3. The number of rotatable bonds is 4. The van der Waals surface area contributed by atoms with E-state index in [1.165, 1.54) is 12.1 Å². The standard InChI is InChI=1S/C10H8BrCl2FO/c11-7-5-9(14)6(4-8(7)13)10(15)2-1-3-12/h4-5H,1-3H2. The van der Waals surface area contributed by atoms with Crippen LogP contribution in [0, 0.1) is 5.82 Å². The molecular formula is C10H8BrCl2FO. The fourth-order valence-electron chi connectivity index (χ4n) is 1.10. The van der Waals surface area contributed by atoms with E-state index in [-0.39, 0.29) is 17.8 Å². The molecule has 82 valence electrons. The molecule has 0 saturated carbocycles. The highest BCUT2D eigenvalue weighted by Crippen LogP contribution is 2.26. The molecule has 0 saturated heterocycles. The van der Waals surface area contributed by atoms with Crippen LogP contribution in [0.15, 0.2) is 16.6 Å². The minimum atomic E-state index is -0.564. The van der Waals surface area contributed by atoms with Gasteiger partial charge in [-0.25, -0.2) is 4.39 Å². The van der Waals surface area contributed by atoms with Crippen LogP contribution in [0.1, 0.15) is 23.2 Å². The van der Waals surface area contributed by atoms with Crippen LogP contribution in [0.25, 0.3) is 0 Å². The average molecular weight is 314 g/mol. The molecule has 0 heterocycles. The molecule has 1 aromatic rings. The SMILES string of the molecule is O=C(CCCCl)c1cc(Cl)c(Br)cc1F. The third kappa shape index (κ3) is 3.44. The van der Waals surface area contributed by atoms with Gasteiger partial charge >= 0.3 is 0 Å². The van der Waals surface area contributed by atoms with Crippen molar-refractivity contribution < 1.29 is 9.18 Å². The van der Waals surface area contributed by atoms with Crippen molar-refractivity contribution in [2.75, 3.05) is 5.88 Å². The van der Waals surface area contributed by atoms with E-state index in [1.54, 1.807) is 0 Å². The molecule has 0 unspecified atom stereocenters. The van der Waals surface area contributed by atoms with Crippen molar-refractivity contribution in [1.82, 2.24) is 0 Å². The van der Waals surface area contributed by atoms with Crippen LogP contribution >= 0.6 is 39.1 Å². The molecule has 15 heavy (non-hydrogen) atoms. The van der Waals surface area contributed by atoms with Crippen LogP contribution in [0.5, 0.6) is 0 Å². The van der Waals surface area contributed by atoms with Gasteiger partial charge in [-0.2, -0.15) is 0 Å². The van der Waals surface area contributed by atoms with Crippen molar-refractivity contribution in [3.05, 3.63) is 33.0 Å². The van der Waals surface area contributed by atoms with Gasteiger partial charge in [0, 0.05) is 16.8 Å². The lowest BCUT2D eigenvalue weighted by Gasteiger charge is -2.04. The van der Waals surface area contributed by atoms with Crippen LogP contribution in [0.4, 0.5) is 4.39 Å². The maximum Gasteiger partial charge on any atom is 0.165 e. The van der Waals surface area contributed by atoms with Crippen molar-refractivity contribution in [3.8, 4) is 0 Å². The van der Waals surface area contributed by atoms with Gasteiger partial charge in [0.15, 0.2) is 5.78 Å². The Labute approximate surface area is 106 Å². The largest absolute Gasteiger partial charge is 0.294 e. The van der Waals surface area contributed by atoms with Crippen LogP contribution in [-0.2, 0) is 0 Å². The van der Waals surface area contributed by atoms with E-state index >= 15 is 0 Å². The maximum absolute atomic E-state index is 13.4. The predicted octanol–water partition coefficient (Wildman–Crippen LogP) is 4.44. The average Bonchev–Trinajstić information content (AvgIpc) is 2.20. The summed E-state index contributed by atoms with van der Waals surface area (Å²) in [4.78, 5) is 11.5. The zero-order valence-corrected chi connectivity index (χ0v) is 10.8. The Morgan fingerprint density at radius 3 is 2.73 bits per heavy atom. The number of alkyl halides is 1. The molecule has 0 aliphatic carbocycles. The van der Waals surface area contributed by atoms with E-state index < -0.39 is 5.82 Å².